The highest BCUT2D eigenvalue weighted by Gasteiger charge is 2.27. The number of hydrogen-bond donors (Lipinski definition) is 2. The summed E-state index contributed by atoms with van der Waals surface area (Å²) in [4.78, 5) is 15.0. The van der Waals surface area contributed by atoms with Gasteiger partial charge in [0.25, 0.3) is 5.91 Å². The Morgan fingerprint density at radius 2 is 1.83 bits per heavy atom. The zero-order valence-corrected chi connectivity index (χ0v) is 17.0. The van der Waals surface area contributed by atoms with Crippen LogP contribution in [0.25, 0.3) is 11.3 Å². The Balaban J connectivity index is 1.28. The fourth-order valence-corrected chi connectivity index (χ4v) is 4.60. The Kier molecular flexibility index (Phi) is 5.08. The number of nitrogens with zero attached hydrogens (tertiary/aromatic N) is 5. The van der Waals surface area contributed by atoms with Crippen molar-refractivity contribution in [2.75, 3.05) is 13.1 Å². The lowest BCUT2D eigenvalue weighted by Gasteiger charge is -2.25. The minimum atomic E-state index is -0.0480. The molecule has 1 aliphatic heterocycles. The van der Waals surface area contributed by atoms with E-state index in [1.165, 1.54) is 5.56 Å². The van der Waals surface area contributed by atoms with Crippen LogP contribution in [0.5, 0.6) is 0 Å². The van der Waals surface area contributed by atoms with Crippen molar-refractivity contribution in [1.82, 2.24) is 30.1 Å². The quantitative estimate of drug-likeness (QED) is 0.696. The molecule has 0 atom stereocenters. The number of nitrogens with two attached hydrogens (primary N) is 1. The number of carbonyl (C=O) groups excluding carboxylic acids is 1. The summed E-state index contributed by atoms with van der Waals surface area (Å²) < 4.78 is 1.86. The van der Waals surface area contributed by atoms with Gasteiger partial charge in [0, 0.05) is 42.4 Å². The second-order valence-electron chi connectivity index (χ2n) is 8.34. The van der Waals surface area contributed by atoms with Crippen LogP contribution >= 0.6 is 0 Å². The summed E-state index contributed by atoms with van der Waals surface area (Å²) >= 11 is 0. The van der Waals surface area contributed by atoms with Crippen LogP contribution in [0, 0.1) is 0 Å². The van der Waals surface area contributed by atoms with Crippen LogP contribution in [-0.2, 0) is 12.8 Å². The number of aromatic amines is 1. The van der Waals surface area contributed by atoms with Gasteiger partial charge in [-0.1, -0.05) is 35.5 Å². The van der Waals surface area contributed by atoms with E-state index in [4.69, 9.17) is 5.73 Å². The number of hydrogen-bond acceptors (Lipinski definition) is 5. The van der Waals surface area contributed by atoms with Gasteiger partial charge in [-0.05, 0) is 32.1 Å². The van der Waals surface area contributed by atoms with Gasteiger partial charge in [-0.2, -0.15) is 5.10 Å². The molecule has 1 saturated carbocycles. The molecule has 2 aromatic heterocycles. The molecule has 1 aliphatic carbocycles. The number of fused-ring (bicyclic) bond motifs is 1. The molecule has 0 bridgehead atoms. The predicted octanol–water partition coefficient (Wildman–Crippen LogP) is 2.35. The molecule has 0 radical (unpaired) electrons. The van der Waals surface area contributed by atoms with Gasteiger partial charge < -0.3 is 10.6 Å². The number of rotatable bonds is 3. The summed E-state index contributed by atoms with van der Waals surface area (Å²) in [5, 5.41) is 16.2. The molecule has 156 valence electrons. The lowest BCUT2D eigenvalue weighted by molar-refractivity contribution is 0.0756. The third kappa shape index (κ3) is 3.63. The largest absolute Gasteiger partial charge is 0.336 e. The maximum Gasteiger partial charge on any atom is 0.276 e. The molecule has 0 unspecified atom stereocenters. The molecule has 3 heterocycles. The van der Waals surface area contributed by atoms with Crippen LogP contribution in [0.3, 0.4) is 0 Å². The standard InChI is InChI=1S/C22H27N7O/c23-16-6-8-17(9-7-16)29-14-20(25-27-29)22(30)28-12-10-18-19(11-13-28)24-26-21(18)15-4-2-1-3-5-15/h1-5,14,16-17H,6-13,23H2,(H,24,26). The minimum absolute atomic E-state index is 0.0480. The second-order valence-corrected chi connectivity index (χ2v) is 8.34. The molecule has 30 heavy (non-hydrogen) atoms. The van der Waals surface area contributed by atoms with Crippen LogP contribution in [-0.4, -0.2) is 55.1 Å². The number of aromatic nitrogens is 5. The first-order valence-corrected chi connectivity index (χ1v) is 10.8. The Morgan fingerprint density at radius 3 is 2.63 bits per heavy atom. The van der Waals surface area contributed by atoms with Crippen LogP contribution < -0.4 is 5.73 Å². The molecule has 1 amide bonds. The van der Waals surface area contributed by atoms with Gasteiger partial charge in [0.1, 0.15) is 0 Å². The summed E-state index contributed by atoms with van der Waals surface area (Å²) in [5.74, 6) is -0.0480. The van der Waals surface area contributed by atoms with Crippen molar-refractivity contribution in [1.29, 1.82) is 0 Å². The molecule has 8 nitrogen and oxygen atoms in total. The van der Waals surface area contributed by atoms with Crippen molar-refractivity contribution >= 4 is 5.91 Å². The summed E-state index contributed by atoms with van der Waals surface area (Å²) in [7, 11) is 0. The maximum atomic E-state index is 13.1. The van der Waals surface area contributed by atoms with Gasteiger partial charge in [-0.25, -0.2) is 4.68 Å². The van der Waals surface area contributed by atoms with Crippen LogP contribution in [0.1, 0.15) is 53.5 Å². The number of carbonyl (C=O) groups is 1. The van der Waals surface area contributed by atoms with E-state index in [0.717, 1.165) is 55.5 Å². The summed E-state index contributed by atoms with van der Waals surface area (Å²) in [6.45, 7) is 1.30. The van der Waals surface area contributed by atoms with Gasteiger partial charge in [0.2, 0.25) is 0 Å². The molecule has 1 fully saturated rings. The maximum absolute atomic E-state index is 13.1. The minimum Gasteiger partial charge on any atom is -0.336 e. The zero-order valence-electron chi connectivity index (χ0n) is 17.0. The summed E-state index contributed by atoms with van der Waals surface area (Å²) in [5.41, 5.74) is 10.8. The first-order valence-electron chi connectivity index (χ1n) is 10.8. The van der Waals surface area contributed by atoms with E-state index in [1.54, 1.807) is 0 Å². The van der Waals surface area contributed by atoms with Crippen molar-refractivity contribution < 1.29 is 4.79 Å². The lowest BCUT2D eigenvalue weighted by atomic mass is 9.92. The molecule has 0 saturated heterocycles. The van der Waals surface area contributed by atoms with Crippen molar-refractivity contribution in [2.24, 2.45) is 5.73 Å². The molecule has 3 N–H and O–H groups in total. The number of nitrogens with one attached hydrogen (secondary N) is 1. The normalized spacial score (nSPS) is 21.8. The van der Waals surface area contributed by atoms with Gasteiger partial charge in [0.05, 0.1) is 17.9 Å². The van der Waals surface area contributed by atoms with E-state index in [1.807, 2.05) is 34.0 Å². The van der Waals surface area contributed by atoms with E-state index < -0.39 is 0 Å². The third-order valence-electron chi connectivity index (χ3n) is 6.40. The highest BCUT2D eigenvalue weighted by Crippen LogP contribution is 2.28. The first kappa shape index (κ1) is 19.0. The van der Waals surface area contributed by atoms with Crippen molar-refractivity contribution in [3.05, 3.63) is 53.5 Å². The Hall–Kier alpha value is -3.00. The van der Waals surface area contributed by atoms with E-state index in [2.05, 4.69) is 32.6 Å². The van der Waals surface area contributed by atoms with Crippen molar-refractivity contribution in [2.45, 2.75) is 50.6 Å². The second kappa shape index (κ2) is 8.02. The molecule has 1 aromatic carbocycles. The van der Waals surface area contributed by atoms with Crippen LogP contribution in [0.4, 0.5) is 0 Å². The predicted molar refractivity (Wildman–Crippen MR) is 113 cm³/mol. The van der Waals surface area contributed by atoms with Crippen molar-refractivity contribution in [3.8, 4) is 11.3 Å². The highest BCUT2D eigenvalue weighted by atomic mass is 16.2. The average molecular weight is 406 g/mol. The molecule has 2 aliphatic rings. The highest BCUT2D eigenvalue weighted by molar-refractivity contribution is 5.92. The number of H-pyrrole nitrogens is 1. The van der Waals surface area contributed by atoms with E-state index in [-0.39, 0.29) is 11.9 Å². The fraction of sp³-hybridized carbons (Fsp3) is 0.455. The first-order chi connectivity index (χ1) is 14.7. The molecular weight excluding hydrogens is 378 g/mol. The van der Waals surface area contributed by atoms with Gasteiger partial charge in [-0.15, -0.1) is 5.10 Å². The van der Waals surface area contributed by atoms with Gasteiger partial charge >= 0.3 is 0 Å². The van der Waals surface area contributed by atoms with Crippen LogP contribution in [0.2, 0.25) is 0 Å². The van der Waals surface area contributed by atoms with Crippen molar-refractivity contribution in [3.63, 3.8) is 0 Å². The molecule has 3 aromatic rings. The van der Waals surface area contributed by atoms with Gasteiger partial charge in [-0.3, -0.25) is 9.89 Å². The molecule has 0 spiro atoms. The number of amides is 1. The van der Waals surface area contributed by atoms with Crippen LogP contribution in [0.15, 0.2) is 36.5 Å². The number of benzene rings is 1. The molecular formula is C22H27N7O. The average Bonchev–Trinajstić information content (AvgIpc) is 3.37. The summed E-state index contributed by atoms with van der Waals surface area (Å²) in [6.07, 6.45) is 7.32. The Bertz CT molecular complexity index is 1020. The molecule has 8 heteroatoms. The lowest BCUT2D eigenvalue weighted by Crippen LogP contribution is -2.33. The third-order valence-corrected chi connectivity index (χ3v) is 6.40. The Morgan fingerprint density at radius 1 is 1.07 bits per heavy atom. The smallest absolute Gasteiger partial charge is 0.276 e. The summed E-state index contributed by atoms with van der Waals surface area (Å²) in [6, 6.07) is 10.8. The SMILES string of the molecule is NC1CCC(n2cc(C(=O)N3CCc4[nH]nc(-c5ccccc5)c4CC3)nn2)CC1. The fourth-order valence-electron chi connectivity index (χ4n) is 4.60. The zero-order chi connectivity index (χ0) is 20.5. The van der Waals surface area contributed by atoms with E-state index >= 15 is 0 Å². The van der Waals surface area contributed by atoms with Gasteiger partial charge in [0.15, 0.2) is 5.69 Å². The Labute approximate surface area is 175 Å². The van der Waals surface area contributed by atoms with E-state index in [0.29, 0.717) is 24.8 Å². The topological polar surface area (TPSA) is 106 Å². The molecule has 5 rings (SSSR count). The van der Waals surface area contributed by atoms with E-state index in [9.17, 15) is 4.79 Å². The monoisotopic (exact) mass is 405 g/mol.